The van der Waals surface area contributed by atoms with Gasteiger partial charge in [-0.15, -0.1) is 0 Å². The van der Waals surface area contributed by atoms with Gasteiger partial charge in [-0.25, -0.2) is 0 Å². The highest BCUT2D eigenvalue weighted by atomic mass is 35.5. The molecule has 0 saturated carbocycles. The van der Waals surface area contributed by atoms with E-state index in [-0.39, 0.29) is 11.7 Å². The van der Waals surface area contributed by atoms with Crippen LogP contribution < -0.4 is 4.74 Å². The molecule has 8 heteroatoms. The number of hydrogen-bond acceptors (Lipinski definition) is 5. The van der Waals surface area contributed by atoms with Crippen molar-refractivity contribution in [2.45, 2.75) is 18.4 Å². The second-order valence-corrected chi connectivity index (χ2v) is 8.08. The normalized spacial score (nSPS) is 19.9. The monoisotopic (exact) mass is 420 g/mol. The summed E-state index contributed by atoms with van der Waals surface area (Å²) >= 11 is 6.27. The van der Waals surface area contributed by atoms with Gasteiger partial charge in [0.15, 0.2) is 5.78 Å². The summed E-state index contributed by atoms with van der Waals surface area (Å²) in [6.45, 7) is 0.765. The Morgan fingerprint density at radius 2 is 2.07 bits per heavy atom. The van der Waals surface area contributed by atoms with Crippen molar-refractivity contribution in [3.63, 3.8) is 0 Å². The first-order valence-corrected chi connectivity index (χ1v) is 10.0. The molecule has 1 saturated heterocycles. The Kier molecular flexibility index (Phi) is 4.26. The standard InChI is InChI=1S/C22H17ClN4O3/c23-17-10-13(9-14-12-25-26-19(14)17)21(29)27-7-5-22(6-8-27)16(11-24)20(28)15-3-1-2-4-18(15)30-22/h1-4,9-10,12,16H,5-8H2,(H,25,26). The number of para-hydroxylation sites is 1. The highest BCUT2D eigenvalue weighted by Crippen LogP contribution is 2.43. The molecule has 7 nitrogen and oxygen atoms in total. The Labute approximate surface area is 177 Å². The number of hydrogen-bond donors (Lipinski definition) is 1. The highest BCUT2D eigenvalue weighted by Gasteiger charge is 2.52. The molecule has 1 spiro atoms. The number of benzene rings is 2. The predicted octanol–water partition coefficient (Wildman–Crippen LogP) is 3.61. The summed E-state index contributed by atoms with van der Waals surface area (Å²) in [7, 11) is 0. The van der Waals surface area contributed by atoms with Crippen LogP contribution in [0.1, 0.15) is 33.6 Å². The lowest BCUT2D eigenvalue weighted by atomic mass is 9.74. The van der Waals surface area contributed by atoms with E-state index in [0.717, 1.165) is 5.39 Å². The number of Topliss-reactive ketones (excluding diaryl/α,β-unsaturated/α-hetero) is 1. The number of fused-ring (bicyclic) bond motifs is 2. The molecule has 1 atom stereocenters. The van der Waals surface area contributed by atoms with Crippen molar-refractivity contribution >= 4 is 34.2 Å². The van der Waals surface area contributed by atoms with Crippen LogP contribution in [0.15, 0.2) is 42.6 Å². The number of likely N-dealkylation sites (tertiary alicyclic amines) is 1. The fourth-order valence-corrected chi connectivity index (χ4v) is 4.68. The van der Waals surface area contributed by atoms with Crippen LogP contribution >= 0.6 is 11.6 Å². The number of halogens is 1. The Morgan fingerprint density at radius 1 is 1.30 bits per heavy atom. The van der Waals surface area contributed by atoms with E-state index in [1.807, 2.05) is 0 Å². The second kappa shape index (κ2) is 6.85. The molecule has 2 aliphatic rings. The Balaban J connectivity index is 1.39. The average molecular weight is 421 g/mol. The second-order valence-electron chi connectivity index (χ2n) is 7.67. The molecule has 2 aromatic carbocycles. The van der Waals surface area contributed by atoms with E-state index < -0.39 is 11.5 Å². The number of nitrogens with one attached hydrogen (secondary N) is 1. The molecule has 0 aliphatic carbocycles. The average Bonchev–Trinajstić information content (AvgIpc) is 3.23. The quantitative estimate of drug-likeness (QED) is 0.648. The molecule has 0 bridgehead atoms. The summed E-state index contributed by atoms with van der Waals surface area (Å²) in [5, 5.41) is 17.7. The van der Waals surface area contributed by atoms with Gasteiger partial charge in [-0.1, -0.05) is 23.7 Å². The van der Waals surface area contributed by atoms with E-state index in [1.165, 1.54) is 0 Å². The van der Waals surface area contributed by atoms with Crippen LogP contribution in [0.5, 0.6) is 5.75 Å². The van der Waals surface area contributed by atoms with E-state index in [0.29, 0.717) is 53.3 Å². The number of ether oxygens (including phenoxy) is 1. The van der Waals surface area contributed by atoms with Crippen LogP contribution in [0, 0.1) is 17.2 Å². The van der Waals surface area contributed by atoms with Gasteiger partial charge in [0.1, 0.15) is 17.3 Å². The Hall–Kier alpha value is -3.37. The number of ketones is 1. The number of nitriles is 1. The summed E-state index contributed by atoms with van der Waals surface area (Å²) in [6, 6.07) is 12.5. The van der Waals surface area contributed by atoms with Gasteiger partial charge < -0.3 is 9.64 Å². The first kappa shape index (κ1) is 18.6. The molecule has 5 rings (SSSR count). The molecular formula is C22H17ClN4O3. The van der Waals surface area contributed by atoms with E-state index in [9.17, 15) is 14.9 Å². The van der Waals surface area contributed by atoms with Crippen molar-refractivity contribution in [2.75, 3.05) is 13.1 Å². The lowest BCUT2D eigenvalue weighted by molar-refractivity contribution is -0.0252. The summed E-state index contributed by atoms with van der Waals surface area (Å²) in [4.78, 5) is 27.7. The number of amides is 1. The number of rotatable bonds is 1. The van der Waals surface area contributed by atoms with Gasteiger partial charge in [-0.05, 0) is 24.3 Å². The maximum Gasteiger partial charge on any atom is 0.253 e. The van der Waals surface area contributed by atoms with Crippen LogP contribution in [0.4, 0.5) is 0 Å². The molecule has 1 aromatic heterocycles. The molecule has 1 fully saturated rings. The molecule has 3 aromatic rings. The number of aromatic amines is 1. The number of carbonyl (C=O) groups is 2. The third-order valence-electron chi connectivity index (χ3n) is 6.03. The first-order valence-electron chi connectivity index (χ1n) is 9.66. The maximum absolute atomic E-state index is 13.1. The number of nitrogens with zero attached hydrogens (tertiary/aromatic N) is 3. The lowest BCUT2D eigenvalue weighted by Crippen LogP contribution is -2.57. The number of aromatic nitrogens is 2. The van der Waals surface area contributed by atoms with Gasteiger partial charge in [0.25, 0.3) is 5.91 Å². The maximum atomic E-state index is 13.1. The van der Waals surface area contributed by atoms with E-state index in [2.05, 4.69) is 16.3 Å². The van der Waals surface area contributed by atoms with Crippen LogP contribution in [0.3, 0.4) is 0 Å². The minimum absolute atomic E-state index is 0.147. The largest absolute Gasteiger partial charge is 0.485 e. The highest BCUT2D eigenvalue weighted by molar-refractivity contribution is 6.35. The fraction of sp³-hybridized carbons (Fsp3) is 0.273. The van der Waals surface area contributed by atoms with Gasteiger partial charge in [0, 0.05) is 36.9 Å². The van der Waals surface area contributed by atoms with Crippen molar-refractivity contribution in [2.24, 2.45) is 5.92 Å². The van der Waals surface area contributed by atoms with Gasteiger partial charge >= 0.3 is 0 Å². The molecule has 1 N–H and O–H groups in total. The van der Waals surface area contributed by atoms with Crippen LogP contribution in [-0.4, -0.2) is 45.5 Å². The number of piperidine rings is 1. The SMILES string of the molecule is N#CC1C(=O)c2ccccc2OC12CCN(C(=O)c1cc(Cl)c3[nH]ncc3c1)CC2. The minimum Gasteiger partial charge on any atom is -0.485 e. The first-order chi connectivity index (χ1) is 14.5. The Morgan fingerprint density at radius 3 is 2.83 bits per heavy atom. The van der Waals surface area contributed by atoms with Crippen molar-refractivity contribution in [3.8, 4) is 11.8 Å². The molecule has 2 aliphatic heterocycles. The van der Waals surface area contributed by atoms with Gasteiger partial charge in [-0.3, -0.25) is 14.7 Å². The van der Waals surface area contributed by atoms with Crippen molar-refractivity contribution < 1.29 is 14.3 Å². The Bertz CT molecular complexity index is 1220. The summed E-state index contributed by atoms with van der Waals surface area (Å²) in [6.07, 6.45) is 2.43. The molecule has 1 amide bonds. The zero-order chi connectivity index (χ0) is 20.9. The van der Waals surface area contributed by atoms with Gasteiger partial charge in [-0.2, -0.15) is 10.4 Å². The van der Waals surface area contributed by atoms with E-state index >= 15 is 0 Å². The van der Waals surface area contributed by atoms with E-state index in [4.69, 9.17) is 16.3 Å². The van der Waals surface area contributed by atoms with Gasteiger partial charge in [0.05, 0.1) is 28.4 Å². The smallest absolute Gasteiger partial charge is 0.253 e. The van der Waals surface area contributed by atoms with Crippen molar-refractivity contribution in [3.05, 3.63) is 58.7 Å². The third kappa shape index (κ3) is 2.76. The minimum atomic E-state index is -0.914. The van der Waals surface area contributed by atoms with Gasteiger partial charge in [0.2, 0.25) is 0 Å². The zero-order valence-electron chi connectivity index (χ0n) is 15.9. The van der Waals surface area contributed by atoms with Crippen molar-refractivity contribution in [1.29, 1.82) is 5.26 Å². The molecular weight excluding hydrogens is 404 g/mol. The topological polar surface area (TPSA) is 99.1 Å². The van der Waals surface area contributed by atoms with Crippen molar-refractivity contribution in [1.82, 2.24) is 15.1 Å². The fourth-order valence-electron chi connectivity index (χ4n) is 4.41. The summed E-state index contributed by atoms with van der Waals surface area (Å²) in [5.41, 5.74) is 0.697. The number of carbonyl (C=O) groups excluding carboxylic acids is 2. The summed E-state index contributed by atoms with van der Waals surface area (Å²) in [5.74, 6) is -0.741. The molecule has 150 valence electrons. The third-order valence-corrected chi connectivity index (χ3v) is 6.33. The molecule has 3 heterocycles. The number of H-pyrrole nitrogens is 1. The van der Waals surface area contributed by atoms with Crippen LogP contribution in [0.25, 0.3) is 10.9 Å². The molecule has 0 radical (unpaired) electrons. The molecule has 30 heavy (non-hydrogen) atoms. The summed E-state index contributed by atoms with van der Waals surface area (Å²) < 4.78 is 6.22. The lowest BCUT2D eigenvalue weighted by Gasteiger charge is -2.46. The molecule has 1 unspecified atom stereocenters. The predicted molar refractivity (Wildman–Crippen MR) is 109 cm³/mol. The van der Waals surface area contributed by atoms with E-state index in [1.54, 1.807) is 47.5 Å². The van der Waals surface area contributed by atoms with Crippen LogP contribution in [0.2, 0.25) is 5.02 Å². The zero-order valence-corrected chi connectivity index (χ0v) is 16.6. The van der Waals surface area contributed by atoms with Crippen LogP contribution in [-0.2, 0) is 0 Å².